The maximum atomic E-state index is 11.9. The van der Waals surface area contributed by atoms with E-state index in [9.17, 15) is 18.0 Å². The number of carbonyl (C=O) groups is 1. The van der Waals surface area contributed by atoms with Crippen molar-refractivity contribution in [1.29, 1.82) is 0 Å². The van der Waals surface area contributed by atoms with Crippen LogP contribution in [0.1, 0.15) is 13.3 Å². The van der Waals surface area contributed by atoms with Crippen LogP contribution in [-0.4, -0.2) is 18.8 Å². The monoisotopic (exact) mass is 196 g/mol. The topological polar surface area (TPSA) is 26.3 Å². The Labute approximate surface area is 74.4 Å². The van der Waals surface area contributed by atoms with Gasteiger partial charge in [-0.25, -0.2) is 0 Å². The second-order valence-electron chi connectivity index (χ2n) is 2.62. The van der Waals surface area contributed by atoms with Crippen LogP contribution >= 0.6 is 0 Å². The van der Waals surface area contributed by atoms with Crippen LogP contribution in [0.3, 0.4) is 0 Å². The number of halogens is 3. The maximum absolute atomic E-state index is 11.9. The second kappa shape index (κ2) is 4.89. The molecule has 0 aromatic heterocycles. The van der Waals surface area contributed by atoms with Crippen LogP contribution in [0.25, 0.3) is 0 Å². The Balaban J connectivity index is 3.85. The van der Waals surface area contributed by atoms with Crippen LogP contribution < -0.4 is 0 Å². The number of ether oxygens (including phenoxy) is 1. The van der Waals surface area contributed by atoms with Crippen molar-refractivity contribution in [3.05, 3.63) is 12.7 Å². The van der Waals surface area contributed by atoms with E-state index in [0.717, 1.165) is 6.92 Å². The van der Waals surface area contributed by atoms with E-state index in [-0.39, 0.29) is 6.61 Å². The molecule has 0 bridgehead atoms. The van der Waals surface area contributed by atoms with Crippen LogP contribution in [0.15, 0.2) is 12.7 Å². The predicted octanol–water partition coefficient (Wildman–Crippen LogP) is 2.30. The van der Waals surface area contributed by atoms with E-state index in [1.807, 2.05) is 0 Å². The number of hydrogen-bond donors (Lipinski definition) is 0. The minimum atomic E-state index is -4.34. The van der Waals surface area contributed by atoms with Gasteiger partial charge in [0.25, 0.3) is 0 Å². The molecule has 0 aromatic rings. The molecule has 76 valence electrons. The van der Waals surface area contributed by atoms with Crippen molar-refractivity contribution < 1.29 is 22.7 Å². The van der Waals surface area contributed by atoms with Crippen molar-refractivity contribution in [3.63, 3.8) is 0 Å². The standard InChI is InChI=1S/C8H11F3O2/c1-3-4-13-7(12)5-6(2)8(9,10)11/h3,6H,1,4-5H2,2H3. The second-order valence-corrected chi connectivity index (χ2v) is 2.62. The zero-order valence-corrected chi connectivity index (χ0v) is 7.23. The molecule has 0 aromatic carbocycles. The van der Waals surface area contributed by atoms with Gasteiger partial charge in [0.2, 0.25) is 0 Å². The van der Waals surface area contributed by atoms with Gasteiger partial charge >= 0.3 is 12.1 Å². The van der Waals surface area contributed by atoms with Crippen LogP contribution in [-0.2, 0) is 9.53 Å². The fourth-order valence-electron chi connectivity index (χ4n) is 0.577. The normalized spacial score (nSPS) is 13.5. The Bertz CT molecular complexity index is 186. The highest BCUT2D eigenvalue weighted by atomic mass is 19.4. The van der Waals surface area contributed by atoms with Crippen LogP contribution in [0.5, 0.6) is 0 Å². The van der Waals surface area contributed by atoms with Gasteiger partial charge in [0.1, 0.15) is 6.61 Å². The lowest BCUT2D eigenvalue weighted by molar-refractivity contribution is -0.180. The molecule has 1 unspecified atom stereocenters. The first-order valence-electron chi connectivity index (χ1n) is 3.71. The van der Waals surface area contributed by atoms with Gasteiger partial charge in [0.05, 0.1) is 12.3 Å². The molecule has 0 radical (unpaired) electrons. The third-order valence-electron chi connectivity index (χ3n) is 1.39. The Morgan fingerprint density at radius 1 is 1.62 bits per heavy atom. The summed E-state index contributed by atoms with van der Waals surface area (Å²) in [5.41, 5.74) is 0. The Morgan fingerprint density at radius 3 is 2.54 bits per heavy atom. The molecule has 2 nitrogen and oxygen atoms in total. The van der Waals surface area contributed by atoms with Gasteiger partial charge < -0.3 is 4.74 Å². The van der Waals surface area contributed by atoms with E-state index in [4.69, 9.17) is 0 Å². The molecular weight excluding hydrogens is 185 g/mol. The number of carbonyl (C=O) groups excluding carboxylic acids is 1. The van der Waals surface area contributed by atoms with E-state index >= 15 is 0 Å². The van der Waals surface area contributed by atoms with Crippen LogP contribution in [0, 0.1) is 5.92 Å². The lowest BCUT2D eigenvalue weighted by Gasteiger charge is -2.13. The molecule has 0 aliphatic heterocycles. The van der Waals surface area contributed by atoms with E-state index in [1.54, 1.807) is 0 Å². The van der Waals surface area contributed by atoms with Crippen molar-refractivity contribution >= 4 is 5.97 Å². The highest BCUT2D eigenvalue weighted by Gasteiger charge is 2.37. The number of alkyl halides is 3. The number of rotatable bonds is 4. The van der Waals surface area contributed by atoms with Crippen molar-refractivity contribution in [3.8, 4) is 0 Å². The van der Waals surface area contributed by atoms with Gasteiger partial charge in [-0.1, -0.05) is 19.6 Å². The van der Waals surface area contributed by atoms with Gasteiger partial charge in [-0.3, -0.25) is 4.79 Å². The SMILES string of the molecule is C=CCOC(=O)CC(C)C(F)(F)F. The zero-order valence-electron chi connectivity index (χ0n) is 7.23. The van der Waals surface area contributed by atoms with Gasteiger partial charge in [-0.15, -0.1) is 0 Å². The Kier molecular flexibility index (Phi) is 4.51. The van der Waals surface area contributed by atoms with E-state index in [2.05, 4.69) is 11.3 Å². The molecule has 0 aliphatic rings. The van der Waals surface area contributed by atoms with Crippen LogP contribution in [0.4, 0.5) is 13.2 Å². The molecule has 13 heavy (non-hydrogen) atoms. The van der Waals surface area contributed by atoms with Crippen LogP contribution in [0.2, 0.25) is 0 Å². The van der Waals surface area contributed by atoms with Gasteiger partial charge in [-0.2, -0.15) is 13.2 Å². The molecule has 0 heterocycles. The summed E-state index contributed by atoms with van der Waals surface area (Å²) in [5.74, 6) is -2.52. The summed E-state index contributed by atoms with van der Waals surface area (Å²) in [4.78, 5) is 10.7. The smallest absolute Gasteiger partial charge is 0.392 e. The fraction of sp³-hybridized carbons (Fsp3) is 0.625. The average Bonchev–Trinajstić information content (AvgIpc) is 1.99. The molecule has 0 N–H and O–H groups in total. The highest BCUT2D eigenvalue weighted by Crippen LogP contribution is 2.28. The molecule has 1 atom stereocenters. The maximum Gasteiger partial charge on any atom is 0.392 e. The summed E-state index contributed by atoms with van der Waals surface area (Å²) in [7, 11) is 0. The van der Waals surface area contributed by atoms with Gasteiger partial charge in [0, 0.05) is 0 Å². The number of hydrogen-bond acceptors (Lipinski definition) is 2. The summed E-state index contributed by atoms with van der Waals surface area (Å²) < 4.78 is 40.1. The summed E-state index contributed by atoms with van der Waals surface area (Å²) in [5, 5.41) is 0. The summed E-state index contributed by atoms with van der Waals surface area (Å²) in [6.07, 6.45) is -3.68. The molecule has 0 rings (SSSR count). The Hall–Kier alpha value is -1.00. The molecule has 0 saturated carbocycles. The van der Waals surface area contributed by atoms with Crippen molar-refractivity contribution in [2.45, 2.75) is 19.5 Å². The molecule has 0 saturated heterocycles. The first kappa shape index (κ1) is 12.0. The predicted molar refractivity (Wildman–Crippen MR) is 41.0 cm³/mol. The van der Waals surface area contributed by atoms with Crippen molar-refractivity contribution in [1.82, 2.24) is 0 Å². The minimum absolute atomic E-state index is 0.0522. The first-order chi connectivity index (χ1) is 5.88. The largest absolute Gasteiger partial charge is 0.461 e. The van der Waals surface area contributed by atoms with Crippen molar-refractivity contribution in [2.75, 3.05) is 6.61 Å². The molecule has 0 aliphatic carbocycles. The molecule has 0 spiro atoms. The zero-order chi connectivity index (χ0) is 10.5. The summed E-state index contributed by atoms with van der Waals surface area (Å²) in [6, 6.07) is 0. The van der Waals surface area contributed by atoms with Gasteiger partial charge in [-0.05, 0) is 0 Å². The third kappa shape index (κ3) is 5.27. The summed E-state index contributed by atoms with van der Waals surface area (Å²) in [6.45, 7) is 4.15. The van der Waals surface area contributed by atoms with E-state index in [0.29, 0.717) is 0 Å². The van der Waals surface area contributed by atoms with Crippen molar-refractivity contribution in [2.24, 2.45) is 5.92 Å². The molecule has 0 amide bonds. The minimum Gasteiger partial charge on any atom is -0.461 e. The quantitative estimate of drug-likeness (QED) is 0.509. The molecular formula is C8H11F3O2. The van der Waals surface area contributed by atoms with E-state index < -0.39 is 24.5 Å². The number of esters is 1. The fourth-order valence-corrected chi connectivity index (χ4v) is 0.577. The third-order valence-corrected chi connectivity index (χ3v) is 1.39. The lowest BCUT2D eigenvalue weighted by atomic mass is 10.1. The Morgan fingerprint density at radius 2 is 2.15 bits per heavy atom. The summed E-state index contributed by atoms with van der Waals surface area (Å²) >= 11 is 0. The lowest BCUT2D eigenvalue weighted by Crippen LogP contribution is -2.23. The average molecular weight is 196 g/mol. The highest BCUT2D eigenvalue weighted by molar-refractivity contribution is 5.69. The van der Waals surface area contributed by atoms with E-state index in [1.165, 1.54) is 6.08 Å². The first-order valence-corrected chi connectivity index (χ1v) is 3.71. The van der Waals surface area contributed by atoms with Gasteiger partial charge in [0.15, 0.2) is 0 Å². The molecule has 0 fully saturated rings. The molecule has 5 heteroatoms.